The zero-order valence-electron chi connectivity index (χ0n) is 12.3. The molecule has 0 aromatic rings. The second-order valence-electron chi connectivity index (χ2n) is 5.42. The van der Waals surface area contributed by atoms with Crippen molar-refractivity contribution in [1.82, 2.24) is 10.2 Å². The normalized spacial score (nSPS) is 21.8. The summed E-state index contributed by atoms with van der Waals surface area (Å²) in [7, 11) is 0. The molecule has 0 spiro atoms. The van der Waals surface area contributed by atoms with E-state index in [-0.39, 0.29) is 11.3 Å². The fourth-order valence-corrected chi connectivity index (χ4v) is 2.97. The SMILES string of the molecule is CCCC1(C(=O)N(CCC#N)CCC#N)CCCNC1. The lowest BCUT2D eigenvalue weighted by Gasteiger charge is -2.40. The second-order valence-corrected chi connectivity index (χ2v) is 5.42. The van der Waals surface area contributed by atoms with Crippen LogP contribution < -0.4 is 5.32 Å². The Balaban J connectivity index is 2.82. The number of amides is 1. The van der Waals surface area contributed by atoms with Crippen LogP contribution in [0.1, 0.15) is 45.4 Å². The first-order chi connectivity index (χ1) is 9.70. The molecular weight excluding hydrogens is 252 g/mol. The van der Waals surface area contributed by atoms with Crippen molar-refractivity contribution < 1.29 is 4.79 Å². The Kier molecular flexibility index (Phi) is 7.04. The third-order valence-corrected chi connectivity index (χ3v) is 3.93. The Labute approximate surface area is 121 Å². The molecule has 0 aromatic heterocycles. The summed E-state index contributed by atoms with van der Waals surface area (Å²) < 4.78 is 0. The highest BCUT2D eigenvalue weighted by Crippen LogP contribution is 2.34. The van der Waals surface area contributed by atoms with Gasteiger partial charge in [0, 0.05) is 19.6 Å². The summed E-state index contributed by atoms with van der Waals surface area (Å²) in [5.74, 6) is 0.122. The van der Waals surface area contributed by atoms with Gasteiger partial charge < -0.3 is 10.2 Å². The van der Waals surface area contributed by atoms with Gasteiger partial charge in [-0.2, -0.15) is 10.5 Å². The van der Waals surface area contributed by atoms with E-state index in [0.29, 0.717) is 25.9 Å². The first kappa shape index (κ1) is 16.5. The smallest absolute Gasteiger partial charge is 0.230 e. The number of nitrogens with one attached hydrogen (secondary N) is 1. The molecule has 1 unspecified atom stereocenters. The van der Waals surface area contributed by atoms with Gasteiger partial charge in [-0.1, -0.05) is 13.3 Å². The highest BCUT2D eigenvalue weighted by Gasteiger charge is 2.40. The minimum absolute atomic E-state index is 0.122. The summed E-state index contributed by atoms with van der Waals surface area (Å²) in [4.78, 5) is 14.6. The predicted molar refractivity (Wildman–Crippen MR) is 76.5 cm³/mol. The summed E-state index contributed by atoms with van der Waals surface area (Å²) >= 11 is 0. The van der Waals surface area contributed by atoms with Gasteiger partial charge in [-0.15, -0.1) is 0 Å². The molecule has 0 radical (unpaired) electrons. The van der Waals surface area contributed by atoms with Crippen LogP contribution in [0.25, 0.3) is 0 Å². The van der Waals surface area contributed by atoms with Gasteiger partial charge >= 0.3 is 0 Å². The summed E-state index contributed by atoms with van der Waals surface area (Å²) in [6.07, 6.45) is 4.41. The molecule has 1 N–H and O–H groups in total. The first-order valence-corrected chi connectivity index (χ1v) is 7.44. The third-order valence-electron chi connectivity index (χ3n) is 3.93. The fraction of sp³-hybridized carbons (Fsp3) is 0.800. The number of hydrogen-bond acceptors (Lipinski definition) is 4. The number of piperidine rings is 1. The number of nitriles is 2. The predicted octanol–water partition coefficient (Wildman–Crippen LogP) is 1.81. The van der Waals surface area contributed by atoms with E-state index < -0.39 is 0 Å². The second kappa shape index (κ2) is 8.55. The molecule has 1 saturated heterocycles. The van der Waals surface area contributed by atoms with Crippen molar-refractivity contribution in [3.63, 3.8) is 0 Å². The van der Waals surface area contributed by atoms with Crippen molar-refractivity contribution in [2.45, 2.75) is 45.4 Å². The van der Waals surface area contributed by atoms with E-state index in [1.807, 2.05) is 0 Å². The topological polar surface area (TPSA) is 79.9 Å². The molecule has 1 fully saturated rings. The van der Waals surface area contributed by atoms with Gasteiger partial charge in [-0.05, 0) is 25.8 Å². The van der Waals surface area contributed by atoms with Crippen LogP contribution in [0.4, 0.5) is 0 Å². The lowest BCUT2D eigenvalue weighted by Crippen LogP contribution is -2.52. The van der Waals surface area contributed by atoms with Crippen LogP contribution in [-0.4, -0.2) is 37.0 Å². The molecule has 0 bridgehead atoms. The minimum Gasteiger partial charge on any atom is -0.340 e. The van der Waals surface area contributed by atoms with Crippen molar-refractivity contribution in [3.05, 3.63) is 0 Å². The number of nitrogens with zero attached hydrogens (tertiary/aromatic N) is 3. The summed E-state index contributed by atoms with van der Waals surface area (Å²) in [6.45, 7) is 4.65. The Bertz CT molecular complexity index is 364. The lowest BCUT2D eigenvalue weighted by atomic mass is 9.75. The Morgan fingerprint density at radius 1 is 1.30 bits per heavy atom. The van der Waals surface area contributed by atoms with Gasteiger partial charge in [0.15, 0.2) is 0 Å². The quantitative estimate of drug-likeness (QED) is 0.769. The number of rotatable bonds is 7. The molecule has 0 saturated carbocycles. The van der Waals surface area contributed by atoms with Crippen LogP contribution in [0, 0.1) is 28.1 Å². The molecule has 1 atom stereocenters. The maximum absolute atomic E-state index is 12.9. The van der Waals surface area contributed by atoms with Crippen molar-refractivity contribution in [1.29, 1.82) is 10.5 Å². The Morgan fingerprint density at radius 2 is 1.95 bits per heavy atom. The molecule has 5 heteroatoms. The van der Waals surface area contributed by atoms with E-state index in [1.165, 1.54) is 0 Å². The number of hydrogen-bond donors (Lipinski definition) is 1. The van der Waals surface area contributed by atoms with E-state index in [4.69, 9.17) is 10.5 Å². The van der Waals surface area contributed by atoms with E-state index in [0.717, 1.165) is 38.8 Å². The summed E-state index contributed by atoms with van der Waals surface area (Å²) in [6, 6.07) is 4.17. The standard InChI is InChI=1S/C15H24N4O/c1-2-6-15(7-3-10-18-13-15)14(20)19(11-4-8-16)12-5-9-17/h18H,2-7,10-13H2,1H3. The molecule has 110 valence electrons. The van der Waals surface area contributed by atoms with Gasteiger partial charge in [-0.3, -0.25) is 4.79 Å². The van der Waals surface area contributed by atoms with Crippen LogP contribution in [0.3, 0.4) is 0 Å². The van der Waals surface area contributed by atoms with E-state index in [2.05, 4.69) is 24.4 Å². The van der Waals surface area contributed by atoms with Gasteiger partial charge in [0.2, 0.25) is 5.91 Å². The number of carbonyl (C=O) groups excluding carboxylic acids is 1. The van der Waals surface area contributed by atoms with Gasteiger partial charge in [0.05, 0.1) is 30.4 Å². The van der Waals surface area contributed by atoms with Gasteiger partial charge in [-0.25, -0.2) is 0 Å². The molecule has 1 rings (SSSR count). The van der Waals surface area contributed by atoms with Crippen LogP contribution in [0.2, 0.25) is 0 Å². The average Bonchev–Trinajstić information content (AvgIpc) is 2.48. The average molecular weight is 276 g/mol. The Morgan fingerprint density at radius 3 is 2.40 bits per heavy atom. The summed E-state index contributed by atoms with van der Waals surface area (Å²) in [5, 5.41) is 20.8. The fourth-order valence-electron chi connectivity index (χ4n) is 2.97. The largest absolute Gasteiger partial charge is 0.340 e. The molecule has 5 nitrogen and oxygen atoms in total. The van der Waals surface area contributed by atoms with E-state index in [9.17, 15) is 4.79 Å². The monoisotopic (exact) mass is 276 g/mol. The molecule has 1 heterocycles. The van der Waals surface area contributed by atoms with E-state index >= 15 is 0 Å². The molecular formula is C15H24N4O. The lowest BCUT2D eigenvalue weighted by molar-refractivity contribution is -0.143. The molecule has 1 amide bonds. The first-order valence-electron chi connectivity index (χ1n) is 7.44. The van der Waals surface area contributed by atoms with Crippen molar-refractivity contribution in [3.8, 4) is 12.1 Å². The van der Waals surface area contributed by atoms with Crippen molar-refractivity contribution in [2.75, 3.05) is 26.2 Å². The highest BCUT2D eigenvalue weighted by atomic mass is 16.2. The maximum Gasteiger partial charge on any atom is 0.230 e. The van der Waals surface area contributed by atoms with E-state index in [1.54, 1.807) is 4.90 Å². The molecule has 20 heavy (non-hydrogen) atoms. The molecule has 1 aliphatic heterocycles. The van der Waals surface area contributed by atoms with Gasteiger partial charge in [0.1, 0.15) is 0 Å². The molecule has 0 aliphatic carbocycles. The Hall–Kier alpha value is -1.59. The van der Waals surface area contributed by atoms with Crippen molar-refractivity contribution >= 4 is 5.91 Å². The van der Waals surface area contributed by atoms with Gasteiger partial charge in [0.25, 0.3) is 0 Å². The van der Waals surface area contributed by atoms with Crippen LogP contribution in [0.5, 0.6) is 0 Å². The van der Waals surface area contributed by atoms with Crippen LogP contribution in [-0.2, 0) is 4.79 Å². The maximum atomic E-state index is 12.9. The van der Waals surface area contributed by atoms with Crippen LogP contribution in [0.15, 0.2) is 0 Å². The molecule has 1 aliphatic rings. The summed E-state index contributed by atoms with van der Waals surface area (Å²) in [5.41, 5.74) is -0.335. The third kappa shape index (κ3) is 4.21. The number of carbonyl (C=O) groups is 1. The van der Waals surface area contributed by atoms with Crippen molar-refractivity contribution in [2.24, 2.45) is 5.41 Å². The molecule has 0 aromatic carbocycles. The van der Waals surface area contributed by atoms with Crippen LogP contribution >= 0.6 is 0 Å². The minimum atomic E-state index is -0.335. The highest BCUT2D eigenvalue weighted by molar-refractivity contribution is 5.83. The zero-order chi connectivity index (χ0) is 14.8. The zero-order valence-corrected chi connectivity index (χ0v) is 12.3.